The average molecular weight is 335 g/mol. The van der Waals surface area contributed by atoms with Crippen LogP contribution < -0.4 is 10.6 Å². The summed E-state index contributed by atoms with van der Waals surface area (Å²) in [7, 11) is 3.55. The first-order chi connectivity index (χ1) is 10.2. The van der Waals surface area contributed by atoms with Gasteiger partial charge in [0, 0.05) is 37.9 Å². The summed E-state index contributed by atoms with van der Waals surface area (Å²) in [5.74, 6) is 1.87. The molecule has 0 aromatic rings. The second-order valence-corrected chi connectivity index (χ2v) is 7.39. The molecule has 0 unspecified atom stereocenters. The Bertz CT molecular complexity index is 274. The molecule has 4 nitrogen and oxygen atoms in total. The largest absolute Gasteiger partial charge is 0.370 e. The van der Waals surface area contributed by atoms with E-state index in [-0.39, 0.29) is 5.91 Å². The molecule has 0 spiro atoms. The zero-order chi connectivity index (χ0) is 15.8. The van der Waals surface area contributed by atoms with E-state index < -0.39 is 0 Å². The van der Waals surface area contributed by atoms with Crippen molar-refractivity contribution in [2.24, 2.45) is 0 Å². The zero-order valence-electron chi connectivity index (χ0n) is 13.5. The molecule has 0 saturated carbocycles. The van der Waals surface area contributed by atoms with Gasteiger partial charge in [0.25, 0.3) is 0 Å². The van der Waals surface area contributed by atoms with Gasteiger partial charge in [-0.15, -0.1) is 0 Å². The molecule has 0 aliphatic rings. The lowest BCUT2D eigenvalue weighted by Crippen LogP contribution is -2.24. The molecule has 0 aliphatic carbocycles. The molecule has 21 heavy (non-hydrogen) atoms. The van der Waals surface area contributed by atoms with Crippen molar-refractivity contribution in [2.75, 3.05) is 31.4 Å². The maximum atomic E-state index is 11.5. The fraction of sp³-hybridized carbons (Fsp3) is 0.800. The Morgan fingerprint density at radius 3 is 2.81 bits per heavy atom. The topological polar surface area (TPSA) is 50.4 Å². The molecule has 0 rings (SSSR count). The van der Waals surface area contributed by atoms with Crippen LogP contribution >= 0.6 is 21.6 Å². The van der Waals surface area contributed by atoms with Gasteiger partial charge < -0.3 is 15.4 Å². The molecule has 0 aromatic heterocycles. The Kier molecular flexibility index (Phi) is 16.1. The summed E-state index contributed by atoms with van der Waals surface area (Å²) in [5, 5.41) is 6.22. The van der Waals surface area contributed by atoms with Crippen LogP contribution in [0.2, 0.25) is 0 Å². The molecule has 0 fully saturated rings. The molecule has 0 heterocycles. The maximum Gasteiger partial charge on any atom is 0.220 e. The van der Waals surface area contributed by atoms with E-state index in [2.05, 4.69) is 37.5 Å². The molecule has 6 heteroatoms. The molecule has 0 radical (unpaired) electrons. The molecule has 124 valence electrons. The Hall–Kier alpha value is -0.170. The molecule has 1 amide bonds. The van der Waals surface area contributed by atoms with Crippen LogP contribution in [0.5, 0.6) is 0 Å². The van der Waals surface area contributed by atoms with Gasteiger partial charge in [0.2, 0.25) is 5.91 Å². The Morgan fingerprint density at radius 2 is 2.10 bits per heavy atom. The summed E-state index contributed by atoms with van der Waals surface area (Å²) in [4.78, 5) is 11.5. The van der Waals surface area contributed by atoms with Gasteiger partial charge in [-0.1, -0.05) is 54.5 Å². The van der Waals surface area contributed by atoms with Gasteiger partial charge in [-0.05, 0) is 12.8 Å². The quantitative estimate of drug-likeness (QED) is 0.221. The van der Waals surface area contributed by atoms with E-state index in [1.165, 1.54) is 0 Å². The van der Waals surface area contributed by atoms with Crippen molar-refractivity contribution in [3.8, 4) is 0 Å². The van der Waals surface area contributed by atoms with Crippen LogP contribution in [0.1, 0.15) is 40.0 Å². The van der Waals surface area contributed by atoms with Crippen molar-refractivity contribution in [1.29, 1.82) is 0 Å². The summed E-state index contributed by atoms with van der Waals surface area (Å²) in [6, 6.07) is 0.551. The third kappa shape index (κ3) is 17.8. The lowest BCUT2D eigenvalue weighted by atomic mass is 10.3. The van der Waals surface area contributed by atoms with Crippen molar-refractivity contribution < 1.29 is 9.53 Å². The minimum atomic E-state index is 0.0983. The molecule has 0 saturated heterocycles. The minimum absolute atomic E-state index is 0.0983. The predicted octanol–water partition coefficient (Wildman–Crippen LogP) is 3.20. The monoisotopic (exact) mass is 334 g/mol. The third-order valence-corrected chi connectivity index (χ3v) is 4.55. The number of allylic oxidation sites excluding steroid dienone is 1. The van der Waals surface area contributed by atoms with Gasteiger partial charge in [-0.2, -0.15) is 0 Å². The van der Waals surface area contributed by atoms with Crippen molar-refractivity contribution in [2.45, 2.75) is 46.1 Å². The summed E-state index contributed by atoms with van der Waals surface area (Å²) in [6.45, 7) is 8.68. The highest BCUT2D eigenvalue weighted by atomic mass is 33.1. The lowest BCUT2D eigenvalue weighted by molar-refractivity contribution is -0.121. The molecule has 0 aliphatic heterocycles. The van der Waals surface area contributed by atoms with Crippen LogP contribution in [0.15, 0.2) is 12.2 Å². The Labute approximate surface area is 137 Å². The Balaban J connectivity index is 3.17. The van der Waals surface area contributed by atoms with E-state index in [1.54, 1.807) is 10.8 Å². The lowest BCUT2D eigenvalue weighted by Gasteiger charge is -2.07. The van der Waals surface area contributed by atoms with E-state index >= 15 is 0 Å². The maximum absolute atomic E-state index is 11.5. The minimum Gasteiger partial charge on any atom is -0.370 e. The van der Waals surface area contributed by atoms with Crippen molar-refractivity contribution in [3.05, 3.63) is 12.2 Å². The number of rotatable bonds is 14. The van der Waals surface area contributed by atoms with Crippen LogP contribution in [0, 0.1) is 0 Å². The molecule has 0 aromatic carbocycles. The second kappa shape index (κ2) is 16.2. The summed E-state index contributed by atoms with van der Waals surface area (Å²) in [6.07, 6.45) is 6.36. The fourth-order valence-electron chi connectivity index (χ4n) is 1.42. The first-order valence-corrected chi connectivity index (χ1v) is 10.1. The number of hydrogen-bond donors (Lipinski definition) is 2. The average Bonchev–Trinajstić information content (AvgIpc) is 2.45. The van der Waals surface area contributed by atoms with E-state index in [4.69, 9.17) is 4.74 Å². The van der Waals surface area contributed by atoms with Crippen LogP contribution in [0.3, 0.4) is 0 Å². The molecule has 0 atom stereocenters. The molecule has 0 bridgehead atoms. The predicted molar refractivity (Wildman–Crippen MR) is 95.7 cm³/mol. The van der Waals surface area contributed by atoms with Crippen LogP contribution in [0.4, 0.5) is 0 Å². The summed E-state index contributed by atoms with van der Waals surface area (Å²) >= 11 is 0. The molecular formula is C15H30N2O2S2. The highest BCUT2D eigenvalue weighted by molar-refractivity contribution is 8.76. The first kappa shape index (κ1) is 20.8. The van der Waals surface area contributed by atoms with Crippen LogP contribution in [0.25, 0.3) is 0 Å². The van der Waals surface area contributed by atoms with Crippen molar-refractivity contribution >= 4 is 27.5 Å². The normalized spacial score (nSPS) is 11.4. The number of nitrogens with one attached hydrogen (secondary N) is 2. The van der Waals surface area contributed by atoms with E-state index in [9.17, 15) is 4.79 Å². The SMILES string of the molecule is CC/C=C/CNC(=O)CCCOCSSCCNC(C)C. The first-order valence-electron chi connectivity index (χ1n) is 7.64. The van der Waals surface area contributed by atoms with E-state index in [1.807, 2.05) is 16.9 Å². The number of amides is 1. The number of hydrogen-bond acceptors (Lipinski definition) is 5. The van der Waals surface area contributed by atoms with Gasteiger partial charge in [-0.25, -0.2) is 0 Å². The van der Waals surface area contributed by atoms with Gasteiger partial charge in [-0.3, -0.25) is 4.79 Å². The van der Waals surface area contributed by atoms with Gasteiger partial charge in [0.15, 0.2) is 0 Å². The Morgan fingerprint density at radius 1 is 1.29 bits per heavy atom. The summed E-state index contributed by atoms with van der Waals surface area (Å²) in [5.41, 5.74) is 0. The van der Waals surface area contributed by atoms with Gasteiger partial charge >= 0.3 is 0 Å². The highest BCUT2D eigenvalue weighted by Crippen LogP contribution is 2.20. The third-order valence-electron chi connectivity index (χ3n) is 2.46. The van der Waals surface area contributed by atoms with Gasteiger partial charge in [0.1, 0.15) is 5.94 Å². The van der Waals surface area contributed by atoms with Crippen molar-refractivity contribution in [3.63, 3.8) is 0 Å². The second-order valence-electron chi connectivity index (χ2n) is 4.86. The zero-order valence-corrected chi connectivity index (χ0v) is 15.2. The number of carbonyl (C=O) groups excluding carboxylic acids is 1. The fourth-order valence-corrected chi connectivity index (χ4v) is 3.01. The number of ether oxygens (including phenoxy) is 1. The molecular weight excluding hydrogens is 304 g/mol. The smallest absolute Gasteiger partial charge is 0.220 e. The van der Waals surface area contributed by atoms with E-state index in [0.29, 0.717) is 31.6 Å². The summed E-state index contributed by atoms with van der Waals surface area (Å²) < 4.78 is 5.48. The van der Waals surface area contributed by atoms with Crippen LogP contribution in [-0.4, -0.2) is 43.3 Å². The van der Waals surface area contributed by atoms with E-state index in [0.717, 1.165) is 25.1 Å². The highest BCUT2D eigenvalue weighted by Gasteiger charge is 1.99. The number of carbonyl (C=O) groups is 1. The standard InChI is InChI=1S/C15H30N2O2S2/c1-4-5-6-9-17-15(18)8-7-11-19-13-21-20-12-10-16-14(2)3/h5-6,14,16H,4,7-13H2,1-3H3,(H,17,18)/b6-5+. The van der Waals surface area contributed by atoms with Gasteiger partial charge in [0.05, 0.1) is 0 Å². The molecule has 2 N–H and O–H groups in total. The van der Waals surface area contributed by atoms with Crippen LogP contribution in [-0.2, 0) is 9.53 Å². The van der Waals surface area contributed by atoms with Crippen molar-refractivity contribution in [1.82, 2.24) is 10.6 Å².